The quantitative estimate of drug-likeness (QED) is 0.372. The average molecular weight is 471 g/mol. The number of carbonyl (C=O) groups is 1. The van der Waals surface area contributed by atoms with Gasteiger partial charge in [0.2, 0.25) is 5.91 Å². The van der Waals surface area contributed by atoms with Crippen LogP contribution in [0.25, 0.3) is 10.2 Å². The molecule has 0 fully saturated rings. The van der Waals surface area contributed by atoms with Gasteiger partial charge in [0, 0.05) is 25.4 Å². The van der Waals surface area contributed by atoms with E-state index < -0.39 is 9.84 Å². The number of carbonyl (C=O) groups excluding carboxylic acids is 1. The Kier molecular flexibility index (Phi) is 6.52. The normalized spacial score (nSPS) is 11.5. The third kappa shape index (κ3) is 4.97. The number of nitrogens with zero attached hydrogens (tertiary/aromatic N) is 4. The third-order valence-corrected chi connectivity index (χ3v) is 7.69. The maximum Gasteiger partial charge on any atom is 0.229 e. The van der Waals surface area contributed by atoms with Crippen LogP contribution in [0.2, 0.25) is 0 Å². The maximum atomic E-state index is 13.2. The highest BCUT2D eigenvalue weighted by Gasteiger charge is 2.23. The highest BCUT2D eigenvalue weighted by molar-refractivity contribution is 7.91. The molecule has 0 spiro atoms. The van der Waals surface area contributed by atoms with Gasteiger partial charge in [0.1, 0.15) is 5.75 Å². The minimum Gasteiger partial charge on any atom is -0.497 e. The van der Waals surface area contributed by atoms with Crippen LogP contribution in [0.3, 0.4) is 0 Å². The highest BCUT2D eigenvalue weighted by Crippen LogP contribution is 2.32. The van der Waals surface area contributed by atoms with E-state index in [1.165, 1.54) is 23.5 Å². The van der Waals surface area contributed by atoms with Gasteiger partial charge in [0.25, 0.3) is 0 Å². The molecule has 0 saturated heterocycles. The Labute approximate surface area is 190 Å². The van der Waals surface area contributed by atoms with Crippen molar-refractivity contribution in [2.45, 2.75) is 17.9 Å². The molecule has 166 valence electrons. The summed E-state index contributed by atoms with van der Waals surface area (Å²) < 4.78 is 33.2. The summed E-state index contributed by atoms with van der Waals surface area (Å²) in [6, 6.07) is 15.5. The van der Waals surface area contributed by atoms with E-state index in [9.17, 15) is 13.2 Å². The molecule has 2 aromatic carbocycles. The smallest absolute Gasteiger partial charge is 0.229 e. The van der Waals surface area contributed by atoms with Gasteiger partial charge in [0.05, 0.1) is 34.5 Å². The molecule has 2 heterocycles. The zero-order chi connectivity index (χ0) is 22.6. The zero-order valence-electron chi connectivity index (χ0n) is 17.4. The van der Waals surface area contributed by atoms with E-state index in [0.29, 0.717) is 24.0 Å². The van der Waals surface area contributed by atoms with E-state index >= 15 is 0 Å². The number of rotatable bonds is 9. The summed E-state index contributed by atoms with van der Waals surface area (Å²) in [6.45, 7) is 0.784. The molecule has 0 bridgehead atoms. The van der Waals surface area contributed by atoms with Crippen LogP contribution in [0.4, 0.5) is 5.13 Å². The highest BCUT2D eigenvalue weighted by atomic mass is 32.2. The van der Waals surface area contributed by atoms with Gasteiger partial charge in [-0.3, -0.25) is 14.4 Å². The van der Waals surface area contributed by atoms with Crippen molar-refractivity contribution in [3.8, 4) is 5.75 Å². The summed E-state index contributed by atoms with van der Waals surface area (Å²) in [5.74, 6) is 0.131. The van der Waals surface area contributed by atoms with Crippen molar-refractivity contribution in [1.29, 1.82) is 0 Å². The van der Waals surface area contributed by atoms with Crippen LogP contribution in [0, 0.1) is 0 Å². The summed E-state index contributed by atoms with van der Waals surface area (Å²) in [5.41, 5.74) is 0.750. The lowest BCUT2D eigenvalue weighted by molar-refractivity contribution is -0.118. The molecule has 0 aliphatic rings. The van der Waals surface area contributed by atoms with Crippen molar-refractivity contribution in [2.75, 3.05) is 24.3 Å². The minimum atomic E-state index is -3.56. The molecule has 0 aliphatic carbocycles. The minimum absolute atomic E-state index is 0.143. The molecule has 0 saturated carbocycles. The Morgan fingerprint density at radius 2 is 1.97 bits per heavy atom. The summed E-state index contributed by atoms with van der Waals surface area (Å²) in [6.07, 6.45) is 3.34. The topological polar surface area (TPSA) is 94.4 Å². The standard InChI is InChI=1S/C22H22N4O4S2/c1-30-17-8-9-19-20(16-17)31-22(24-19)26(14-13-25-12-5-11-23-25)21(27)10-15-32(28,29)18-6-3-2-4-7-18/h2-9,11-12,16H,10,13-15H2,1H3. The fourth-order valence-electron chi connectivity index (χ4n) is 3.20. The van der Waals surface area contributed by atoms with Crippen LogP contribution in [-0.4, -0.2) is 48.5 Å². The Hall–Kier alpha value is -3.24. The molecule has 0 atom stereocenters. The molecule has 0 radical (unpaired) electrons. The summed E-state index contributed by atoms with van der Waals surface area (Å²) >= 11 is 1.37. The number of hydrogen-bond donors (Lipinski definition) is 0. The first-order valence-corrected chi connectivity index (χ1v) is 12.4. The SMILES string of the molecule is COc1ccc2nc(N(CCn3cccn3)C(=O)CCS(=O)(=O)c3ccccc3)sc2c1. The molecule has 4 aromatic rings. The number of benzene rings is 2. The number of anilines is 1. The lowest BCUT2D eigenvalue weighted by Gasteiger charge is -2.20. The molecular weight excluding hydrogens is 448 g/mol. The first-order chi connectivity index (χ1) is 15.5. The van der Waals surface area contributed by atoms with Crippen molar-refractivity contribution >= 4 is 42.4 Å². The number of thiazole rings is 1. The van der Waals surface area contributed by atoms with Gasteiger partial charge in [-0.1, -0.05) is 29.5 Å². The van der Waals surface area contributed by atoms with Crippen molar-refractivity contribution in [3.63, 3.8) is 0 Å². The number of hydrogen-bond acceptors (Lipinski definition) is 7. The fraction of sp³-hybridized carbons (Fsp3) is 0.227. The number of sulfone groups is 1. The van der Waals surface area contributed by atoms with Crippen molar-refractivity contribution in [2.24, 2.45) is 0 Å². The van der Waals surface area contributed by atoms with Crippen molar-refractivity contribution in [1.82, 2.24) is 14.8 Å². The summed E-state index contributed by atoms with van der Waals surface area (Å²) in [7, 11) is -1.97. The van der Waals surface area contributed by atoms with Crippen LogP contribution >= 0.6 is 11.3 Å². The van der Waals surface area contributed by atoms with E-state index in [1.54, 1.807) is 41.1 Å². The van der Waals surface area contributed by atoms with E-state index in [2.05, 4.69) is 10.1 Å². The largest absolute Gasteiger partial charge is 0.497 e. The van der Waals surface area contributed by atoms with E-state index in [0.717, 1.165) is 10.2 Å². The summed E-state index contributed by atoms with van der Waals surface area (Å²) in [5, 5.41) is 4.70. The van der Waals surface area contributed by atoms with Crippen molar-refractivity contribution < 1.29 is 17.9 Å². The molecule has 1 amide bonds. The fourth-order valence-corrected chi connectivity index (χ4v) is 5.49. The second-order valence-corrected chi connectivity index (χ2v) is 10.1. The Morgan fingerprint density at radius 1 is 1.16 bits per heavy atom. The van der Waals surface area contributed by atoms with E-state index in [-0.39, 0.29) is 23.0 Å². The van der Waals surface area contributed by atoms with E-state index in [4.69, 9.17) is 4.74 Å². The van der Waals surface area contributed by atoms with Gasteiger partial charge in [-0.15, -0.1) is 0 Å². The van der Waals surface area contributed by atoms with Gasteiger partial charge in [-0.2, -0.15) is 5.10 Å². The molecule has 32 heavy (non-hydrogen) atoms. The number of fused-ring (bicyclic) bond motifs is 1. The lowest BCUT2D eigenvalue weighted by Crippen LogP contribution is -2.35. The number of methoxy groups -OCH3 is 1. The first-order valence-electron chi connectivity index (χ1n) is 9.96. The molecule has 8 nitrogen and oxygen atoms in total. The average Bonchev–Trinajstić information content (AvgIpc) is 3.47. The van der Waals surface area contributed by atoms with Crippen LogP contribution in [-0.2, 0) is 21.2 Å². The van der Waals surface area contributed by atoms with Gasteiger partial charge < -0.3 is 4.74 Å². The Bertz CT molecular complexity index is 1300. The predicted molar refractivity (Wildman–Crippen MR) is 124 cm³/mol. The Morgan fingerprint density at radius 3 is 2.69 bits per heavy atom. The molecule has 0 N–H and O–H groups in total. The van der Waals surface area contributed by atoms with Crippen molar-refractivity contribution in [3.05, 3.63) is 67.0 Å². The third-order valence-electron chi connectivity index (χ3n) is 4.92. The maximum absolute atomic E-state index is 13.2. The van der Waals surface area contributed by atoms with Gasteiger partial charge in [-0.05, 0) is 36.4 Å². The second-order valence-electron chi connectivity index (χ2n) is 7.03. The second kappa shape index (κ2) is 9.49. The monoisotopic (exact) mass is 470 g/mol. The van der Waals surface area contributed by atoms with Crippen LogP contribution in [0.1, 0.15) is 6.42 Å². The molecular formula is C22H22N4O4S2. The first kappa shape index (κ1) is 22.0. The van der Waals surface area contributed by atoms with Gasteiger partial charge in [-0.25, -0.2) is 13.4 Å². The number of ether oxygens (including phenoxy) is 1. The molecule has 0 aliphatic heterocycles. The van der Waals surface area contributed by atoms with E-state index in [1.807, 2.05) is 30.5 Å². The molecule has 4 rings (SSSR count). The predicted octanol–water partition coefficient (Wildman–Crippen LogP) is 3.40. The number of amides is 1. The van der Waals surface area contributed by atoms with Crippen LogP contribution in [0.5, 0.6) is 5.75 Å². The van der Waals surface area contributed by atoms with Gasteiger partial charge >= 0.3 is 0 Å². The van der Waals surface area contributed by atoms with Crippen LogP contribution < -0.4 is 9.64 Å². The molecule has 10 heteroatoms. The van der Waals surface area contributed by atoms with Crippen LogP contribution in [0.15, 0.2) is 71.9 Å². The molecule has 2 aromatic heterocycles. The summed E-state index contributed by atoms with van der Waals surface area (Å²) in [4.78, 5) is 19.5. The lowest BCUT2D eigenvalue weighted by atomic mass is 10.3. The molecule has 0 unspecified atom stereocenters. The number of aromatic nitrogens is 3. The zero-order valence-corrected chi connectivity index (χ0v) is 19.1. The van der Waals surface area contributed by atoms with Gasteiger partial charge in [0.15, 0.2) is 15.0 Å². The Balaban J connectivity index is 1.56.